The summed E-state index contributed by atoms with van der Waals surface area (Å²) in [6, 6.07) is 4.71. The molecule has 3 rings (SSSR count). The van der Waals surface area contributed by atoms with Crippen molar-refractivity contribution in [3.8, 4) is 0 Å². The van der Waals surface area contributed by atoms with Crippen LogP contribution in [-0.2, 0) is 11.3 Å². The summed E-state index contributed by atoms with van der Waals surface area (Å²) in [5.74, 6) is 0. The third-order valence-electron chi connectivity index (χ3n) is 5.57. The van der Waals surface area contributed by atoms with Gasteiger partial charge in [-0.05, 0) is 31.4 Å². The molecular formula is C20H32N4O2. The second-order valence-corrected chi connectivity index (χ2v) is 7.46. The highest BCUT2D eigenvalue weighted by atomic mass is 16.5. The lowest BCUT2D eigenvalue weighted by Crippen LogP contribution is -2.51. The monoisotopic (exact) mass is 360 g/mol. The Bertz CT molecular complexity index is 542. The molecule has 1 saturated carbocycles. The second kappa shape index (κ2) is 9.88. The van der Waals surface area contributed by atoms with Crippen molar-refractivity contribution >= 4 is 6.03 Å². The highest BCUT2D eigenvalue weighted by molar-refractivity contribution is 5.74. The van der Waals surface area contributed by atoms with Crippen LogP contribution in [0, 0.1) is 0 Å². The first-order valence-electron chi connectivity index (χ1n) is 9.99. The molecule has 144 valence electrons. The highest BCUT2D eigenvalue weighted by Crippen LogP contribution is 2.24. The van der Waals surface area contributed by atoms with Crippen molar-refractivity contribution < 1.29 is 9.53 Å². The molecule has 0 unspecified atom stereocenters. The van der Waals surface area contributed by atoms with Crippen LogP contribution in [0.5, 0.6) is 0 Å². The van der Waals surface area contributed by atoms with Crippen molar-refractivity contribution in [2.75, 3.05) is 32.8 Å². The van der Waals surface area contributed by atoms with E-state index in [2.05, 4.69) is 22.1 Å². The van der Waals surface area contributed by atoms with E-state index < -0.39 is 0 Å². The van der Waals surface area contributed by atoms with Crippen molar-refractivity contribution in [2.24, 2.45) is 0 Å². The number of amides is 2. The maximum absolute atomic E-state index is 13.0. The minimum Gasteiger partial charge on any atom is -0.379 e. The number of hydrogen-bond donors (Lipinski definition) is 1. The number of pyridine rings is 1. The van der Waals surface area contributed by atoms with Gasteiger partial charge in [0.15, 0.2) is 0 Å². The second-order valence-electron chi connectivity index (χ2n) is 7.46. The van der Waals surface area contributed by atoms with Crippen molar-refractivity contribution in [1.82, 2.24) is 20.1 Å². The standard InChI is InChI=1S/C20H32N4O2/c1-17(23-10-12-26-13-11-23)14-22-20(25)24(19-7-3-2-4-8-19)16-18-6-5-9-21-15-18/h5-6,9,15,17,19H,2-4,7-8,10-14,16H2,1H3,(H,22,25)/t17-/m0/s1. The first-order valence-corrected chi connectivity index (χ1v) is 9.99. The van der Waals surface area contributed by atoms with Gasteiger partial charge in [0.1, 0.15) is 0 Å². The summed E-state index contributed by atoms with van der Waals surface area (Å²) in [5.41, 5.74) is 1.09. The largest absolute Gasteiger partial charge is 0.379 e. The van der Waals surface area contributed by atoms with Crippen molar-refractivity contribution in [1.29, 1.82) is 0 Å². The van der Waals surface area contributed by atoms with Gasteiger partial charge in [-0.2, -0.15) is 0 Å². The molecule has 6 nitrogen and oxygen atoms in total. The number of aromatic nitrogens is 1. The van der Waals surface area contributed by atoms with Crippen molar-refractivity contribution in [3.05, 3.63) is 30.1 Å². The van der Waals surface area contributed by atoms with E-state index in [1.165, 1.54) is 19.3 Å². The molecule has 1 saturated heterocycles. The quantitative estimate of drug-likeness (QED) is 0.847. The molecule has 1 aromatic heterocycles. The fraction of sp³-hybridized carbons (Fsp3) is 0.700. The van der Waals surface area contributed by atoms with E-state index in [-0.39, 0.29) is 6.03 Å². The molecule has 0 spiro atoms. The summed E-state index contributed by atoms with van der Waals surface area (Å²) in [5, 5.41) is 3.18. The van der Waals surface area contributed by atoms with Crippen LogP contribution in [0.3, 0.4) is 0 Å². The molecule has 2 fully saturated rings. The summed E-state index contributed by atoms with van der Waals surface area (Å²) < 4.78 is 5.42. The van der Waals surface area contributed by atoms with Crippen molar-refractivity contribution in [2.45, 2.75) is 57.7 Å². The molecule has 2 heterocycles. The van der Waals surface area contributed by atoms with Gasteiger partial charge in [-0.25, -0.2) is 4.79 Å². The number of ether oxygens (including phenoxy) is 1. The lowest BCUT2D eigenvalue weighted by atomic mass is 9.94. The summed E-state index contributed by atoms with van der Waals surface area (Å²) in [7, 11) is 0. The Kier molecular flexibility index (Phi) is 7.26. The van der Waals surface area contributed by atoms with Gasteiger partial charge in [-0.3, -0.25) is 9.88 Å². The number of carbonyl (C=O) groups excluding carboxylic acids is 1. The van der Waals surface area contributed by atoms with Crippen molar-refractivity contribution in [3.63, 3.8) is 0 Å². The van der Waals surface area contributed by atoms with Crippen LogP contribution in [0.2, 0.25) is 0 Å². The number of morpholine rings is 1. The lowest BCUT2D eigenvalue weighted by Gasteiger charge is -2.36. The highest BCUT2D eigenvalue weighted by Gasteiger charge is 2.26. The Morgan fingerprint density at radius 3 is 2.81 bits per heavy atom. The zero-order valence-electron chi connectivity index (χ0n) is 15.9. The molecule has 0 radical (unpaired) electrons. The number of nitrogens with one attached hydrogen (secondary N) is 1. The smallest absolute Gasteiger partial charge is 0.318 e. The summed E-state index contributed by atoms with van der Waals surface area (Å²) >= 11 is 0. The van der Waals surface area contributed by atoms with Crippen LogP contribution in [-0.4, -0.2) is 65.7 Å². The van der Waals surface area contributed by atoms with E-state index in [4.69, 9.17) is 4.74 Å². The first-order chi connectivity index (χ1) is 12.7. The maximum atomic E-state index is 13.0. The molecule has 26 heavy (non-hydrogen) atoms. The normalized spacial score (nSPS) is 20.5. The van der Waals surface area contributed by atoms with Crippen LogP contribution in [0.4, 0.5) is 4.79 Å². The maximum Gasteiger partial charge on any atom is 0.318 e. The van der Waals surface area contributed by atoms with Gasteiger partial charge < -0.3 is 15.0 Å². The van der Waals surface area contributed by atoms with Gasteiger partial charge in [-0.1, -0.05) is 25.3 Å². The van der Waals surface area contributed by atoms with Gasteiger partial charge >= 0.3 is 6.03 Å². The number of rotatable bonds is 6. The molecule has 1 atom stereocenters. The zero-order valence-corrected chi connectivity index (χ0v) is 15.9. The Morgan fingerprint density at radius 1 is 1.35 bits per heavy atom. The van der Waals surface area contributed by atoms with Gasteiger partial charge in [0, 0.05) is 50.7 Å². The van der Waals surface area contributed by atoms with Gasteiger partial charge in [0.2, 0.25) is 0 Å². The van der Waals surface area contributed by atoms with E-state index >= 15 is 0 Å². The predicted octanol–water partition coefficient (Wildman–Crippen LogP) is 2.65. The minimum atomic E-state index is 0.0564. The predicted molar refractivity (Wildman–Crippen MR) is 102 cm³/mol. The lowest BCUT2D eigenvalue weighted by molar-refractivity contribution is 0.0205. The fourth-order valence-corrected chi connectivity index (χ4v) is 3.93. The topological polar surface area (TPSA) is 57.7 Å². The molecule has 2 aliphatic rings. The molecule has 1 aromatic rings. The van der Waals surface area contributed by atoms with Gasteiger partial charge in [0.25, 0.3) is 0 Å². The number of urea groups is 1. The molecule has 1 aliphatic carbocycles. The average Bonchev–Trinajstić information content (AvgIpc) is 2.72. The molecule has 0 aromatic carbocycles. The Balaban J connectivity index is 1.58. The first kappa shape index (κ1) is 19.1. The molecular weight excluding hydrogens is 328 g/mol. The molecule has 1 N–H and O–H groups in total. The van der Waals surface area contributed by atoms with E-state index in [0.29, 0.717) is 25.2 Å². The summed E-state index contributed by atoms with van der Waals surface area (Å²) in [6.07, 6.45) is 9.56. The van der Waals surface area contributed by atoms with E-state index in [9.17, 15) is 4.79 Å². The fourth-order valence-electron chi connectivity index (χ4n) is 3.93. The van der Waals surface area contributed by atoms with E-state index in [1.54, 1.807) is 6.20 Å². The van der Waals surface area contributed by atoms with Crippen LogP contribution in [0.25, 0.3) is 0 Å². The minimum absolute atomic E-state index is 0.0564. The Labute approximate surface area is 156 Å². The number of nitrogens with zero attached hydrogens (tertiary/aromatic N) is 3. The van der Waals surface area contributed by atoms with Gasteiger partial charge in [-0.15, -0.1) is 0 Å². The third-order valence-corrected chi connectivity index (χ3v) is 5.57. The van der Waals surface area contributed by atoms with Gasteiger partial charge in [0.05, 0.1) is 13.2 Å². The Morgan fingerprint density at radius 2 is 2.12 bits per heavy atom. The molecule has 6 heteroatoms. The molecule has 0 bridgehead atoms. The molecule has 1 aliphatic heterocycles. The van der Waals surface area contributed by atoms with E-state index in [0.717, 1.165) is 44.7 Å². The number of carbonyl (C=O) groups is 1. The van der Waals surface area contributed by atoms with E-state index in [1.807, 2.05) is 23.2 Å². The van der Waals surface area contributed by atoms with Crippen LogP contribution >= 0.6 is 0 Å². The third kappa shape index (κ3) is 5.42. The molecule has 2 amide bonds. The SMILES string of the molecule is C[C@@H](CNC(=O)N(Cc1cccnc1)C1CCCCC1)N1CCOCC1. The van der Waals surface area contributed by atoms with Crippen LogP contribution in [0.15, 0.2) is 24.5 Å². The van der Waals surface area contributed by atoms with Crippen LogP contribution in [0.1, 0.15) is 44.6 Å². The summed E-state index contributed by atoms with van der Waals surface area (Å²) in [6.45, 7) is 6.95. The summed E-state index contributed by atoms with van der Waals surface area (Å²) in [4.78, 5) is 21.6. The Hall–Kier alpha value is -1.66. The number of hydrogen-bond acceptors (Lipinski definition) is 4. The average molecular weight is 361 g/mol. The zero-order chi connectivity index (χ0) is 18.2. The van der Waals surface area contributed by atoms with Crippen LogP contribution < -0.4 is 5.32 Å².